The summed E-state index contributed by atoms with van der Waals surface area (Å²) in [5.74, 6) is 0. The van der Waals surface area contributed by atoms with E-state index in [1.54, 1.807) is 0 Å². The van der Waals surface area contributed by atoms with Crippen molar-refractivity contribution in [2.75, 3.05) is 13.2 Å². The molecule has 0 unspecified atom stereocenters. The Labute approximate surface area is 110 Å². The minimum Gasteiger partial charge on any atom is -0.378 e. The zero-order valence-corrected chi connectivity index (χ0v) is 11.6. The smallest absolute Gasteiger partial charge is 0.0576 e. The van der Waals surface area contributed by atoms with E-state index in [-0.39, 0.29) is 0 Å². The van der Waals surface area contributed by atoms with Gasteiger partial charge in [-0.25, -0.2) is 0 Å². The van der Waals surface area contributed by atoms with E-state index < -0.39 is 0 Å². The molecule has 4 nitrogen and oxygen atoms in total. The topological polar surface area (TPSA) is 39.1 Å². The predicted molar refractivity (Wildman–Crippen MR) is 72.6 cm³/mol. The van der Waals surface area contributed by atoms with Crippen molar-refractivity contribution in [1.29, 1.82) is 0 Å². The maximum absolute atomic E-state index is 5.96. The van der Waals surface area contributed by atoms with E-state index in [2.05, 4.69) is 23.5 Å². The summed E-state index contributed by atoms with van der Waals surface area (Å²) in [5, 5.41) is 7.69. The standard InChI is InChI=1S/C14H25N3O/c1-3-15-13-4-6-14(7-5-13)18-9-8-12-10-16-17(2)11-12/h10-11,13-15H,3-9H2,1-2H3. The van der Waals surface area contributed by atoms with Crippen molar-refractivity contribution in [3.63, 3.8) is 0 Å². The highest BCUT2D eigenvalue weighted by Crippen LogP contribution is 2.21. The van der Waals surface area contributed by atoms with Crippen molar-refractivity contribution in [3.05, 3.63) is 18.0 Å². The van der Waals surface area contributed by atoms with Crippen LogP contribution in [0.15, 0.2) is 12.4 Å². The Balaban J connectivity index is 1.60. The molecule has 0 radical (unpaired) electrons. The van der Waals surface area contributed by atoms with Crippen LogP contribution in [0.2, 0.25) is 0 Å². The van der Waals surface area contributed by atoms with Crippen LogP contribution in [0.4, 0.5) is 0 Å². The normalized spacial score (nSPS) is 24.3. The number of nitrogens with one attached hydrogen (secondary N) is 1. The van der Waals surface area contributed by atoms with Crippen molar-refractivity contribution in [3.8, 4) is 0 Å². The van der Waals surface area contributed by atoms with Gasteiger partial charge < -0.3 is 10.1 Å². The van der Waals surface area contributed by atoms with Crippen molar-refractivity contribution in [2.45, 2.75) is 51.2 Å². The first-order valence-electron chi connectivity index (χ1n) is 7.10. The van der Waals surface area contributed by atoms with E-state index in [9.17, 15) is 0 Å². The summed E-state index contributed by atoms with van der Waals surface area (Å²) < 4.78 is 7.80. The van der Waals surface area contributed by atoms with Crippen LogP contribution in [-0.4, -0.2) is 35.1 Å². The number of nitrogens with zero attached hydrogens (tertiary/aromatic N) is 2. The Kier molecular flexibility index (Phi) is 5.20. The Morgan fingerprint density at radius 3 is 2.78 bits per heavy atom. The van der Waals surface area contributed by atoms with Gasteiger partial charge >= 0.3 is 0 Å². The van der Waals surface area contributed by atoms with E-state index in [1.807, 2.05) is 17.9 Å². The van der Waals surface area contributed by atoms with Crippen LogP contribution in [0.5, 0.6) is 0 Å². The van der Waals surface area contributed by atoms with Gasteiger partial charge in [-0.1, -0.05) is 6.92 Å². The Morgan fingerprint density at radius 2 is 2.17 bits per heavy atom. The van der Waals surface area contributed by atoms with Crippen LogP contribution in [0.3, 0.4) is 0 Å². The second kappa shape index (κ2) is 6.90. The second-order valence-electron chi connectivity index (χ2n) is 5.17. The quantitative estimate of drug-likeness (QED) is 0.839. The molecule has 0 spiro atoms. The molecule has 1 aromatic heterocycles. The molecule has 1 aliphatic carbocycles. The highest BCUT2D eigenvalue weighted by molar-refractivity contribution is 5.03. The van der Waals surface area contributed by atoms with Crippen LogP contribution in [-0.2, 0) is 18.2 Å². The largest absolute Gasteiger partial charge is 0.378 e. The van der Waals surface area contributed by atoms with Crippen molar-refractivity contribution < 1.29 is 4.74 Å². The van der Waals surface area contributed by atoms with Gasteiger partial charge in [-0.3, -0.25) is 4.68 Å². The lowest BCUT2D eigenvalue weighted by atomic mass is 9.93. The molecule has 0 amide bonds. The number of hydrogen-bond donors (Lipinski definition) is 1. The fraction of sp³-hybridized carbons (Fsp3) is 0.786. The van der Waals surface area contributed by atoms with Gasteiger partial charge in [0.2, 0.25) is 0 Å². The summed E-state index contributed by atoms with van der Waals surface area (Å²) in [6.45, 7) is 4.08. The molecule has 0 aliphatic heterocycles. The van der Waals surface area contributed by atoms with E-state index in [0.717, 1.165) is 19.6 Å². The zero-order valence-electron chi connectivity index (χ0n) is 11.6. The molecular formula is C14H25N3O. The number of aryl methyl sites for hydroxylation is 1. The fourth-order valence-corrected chi connectivity index (χ4v) is 2.67. The average molecular weight is 251 g/mol. The first kappa shape index (κ1) is 13.6. The van der Waals surface area contributed by atoms with Crippen molar-refractivity contribution in [2.24, 2.45) is 7.05 Å². The highest BCUT2D eigenvalue weighted by Gasteiger charge is 2.20. The SMILES string of the molecule is CCNC1CCC(OCCc2cnn(C)c2)CC1. The molecule has 1 N–H and O–H groups in total. The lowest BCUT2D eigenvalue weighted by molar-refractivity contribution is 0.0244. The summed E-state index contributed by atoms with van der Waals surface area (Å²) >= 11 is 0. The van der Waals surface area contributed by atoms with E-state index in [1.165, 1.54) is 31.2 Å². The first-order valence-corrected chi connectivity index (χ1v) is 7.10. The Hall–Kier alpha value is -0.870. The molecule has 2 rings (SSSR count). The fourth-order valence-electron chi connectivity index (χ4n) is 2.67. The molecule has 0 saturated heterocycles. The minimum absolute atomic E-state index is 0.469. The average Bonchev–Trinajstić information content (AvgIpc) is 2.78. The van der Waals surface area contributed by atoms with Gasteiger partial charge in [0.15, 0.2) is 0 Å². The monoisotopic (exact) mass is 251 g/mol. The highest BCUT2D eigenvalue weighted by atomic mass is 16.5. The molecular weight excluding hydrogens is 226 g/mol. The number of ether oxygens (including phenoxy) is 1. The summed E-state index contributed by atoms with van der Waals surface area (Å²) in [6, 6.07) is 0.716. The Bertz CT molecular complexity index is 343. The van der Waals surface area contributed by atoms with Crippen LogP contribution >= 0.6 is 0 Å². The summed E-state index contributed by atoms with van der Waals surface area (Å²) in [4.78, 5) is 0. The minimum atomic E-state index is 0.469. The summed E-state index contributed by atoms with van der Waals surface area (Å²) in [5.41, 5.74) is 1.26. The molecule has 4 heteroatoms. The second-order valence-corrected chi connectivity index (χ2v) is 5.17. The zero-order chi connectivity index (χ0) is 12.8. The van der Waals surface area contributed by atoms with Gasteiger partial charge in [0.05, 0.1) is 18.9 Å². The lowest BCUT2D eigenvalue weighted by Gasteiger charge is -2.28. The maximum atomic E-state index is 5.96. The van der Waals surface area contributed by atoms with E-state index >= 15 is 0 Å². The van der Waals surface area contributed by atoms with E-state index in [0.29, 0.717) is 12.1 Å². The molecule has 1 fully saturated rings. The Morgan fingerprint density at radius 1 is 1.39 bits per heavy atom. The molecule has 102 valence electrons. The lowest BCUT2D eigenvalue weighted by Crippen LogP contribution is -2.35. The van der Waals surface area contributed by atoms with Gasteiger partial charge in [0.25, 0.3) is 0 Å². The van der Waals surface area contributed by atoms with Crippen LogP contribution in [0, 0.1) is 0 Å². The molecule has 1 saturated carbocycles. The van der Waals surface area contributed by atoms with Crippen molar-refractivity contribution in [1.82, 2.24) is 15.1 Å². The number of hydrogen-bond acceptors (Lipinski definition) is 3. The third-order valence-electron chi connectivity index (χ3n) is 3.67. The maximum Gasteiger partial charge on any atom is 0.0576 e. The van der Waals surface area contributed by atoms with Crippen LogP contribution in [0.1, 0.15) is 38.2 Å². The molecule has 1 aromatic rings. The predicted octanol–water partition coefficient (Wildman–Crippen LogP) is 1.90. The summed E-state index contributed by atoms with van der Waals surface area (Å²) in [6.07, 6.45) is 10.3. The third kappa shape index (κ3) is 4.10. The molecule has 1 heterocycles. The van der Waals surface area contributed by atoms with Gasteiger partial charge in [-0.05, 0) is 44.2 Å². The molecule has 18 heavy (non-hydrogen) atoms. The number of rotatable bonds is 6. The third-order valence-corrected chi connectivity index (χ3v) is 3.67. The van der Waals surface area contributed by atoms with Crippen molar-refractivity contribution >= 4 is 0 Å². The van der Waals surface area contributed by atoms with Gasteiger partial charge in [-0.2, -0.15) is 5.10 Å². The molecule has 1 aliphatic rings. The number of aromatic nitrogens is 2. The van der Waals surface area contributed by atoms with Crippen LogP contribution in [0.25, 0.3) is 0 Å². The van der Waals surface area contributed by atoms with Gasteiger partial charge in [0, 0.05) is 19.3 Å². The summed E-state index contributed by atoms with van der Waals surface area (Å²) in [7, 11) is 1.95. The molecule has 0 bridgehead atoms. The van der Waals surface area contributed by atoms with Crippen LogP contribution < -0.4 is 5.32 Å². The molecule has 0 atom stereocenters. The van der Waals surface area contributed by atoms with Gasteiger partial charge in [0.1, 0.15) is 0 Å². The van der Waals surface area contributed by atoms with E-state index in [4.69, 9.17) is 4.74 Å². The first-order chi connectivity index (χ1) is 8.78. The van der Waals surface area contributed by atoms with Gasteiger partial charge in [-0.15, -0.1) is 0 Å². The molecule has 0 aromatic carbocycles.